The molecule has 2 aromatic carbocycles. The van der Waals surface area contributed by atoms with Crippen LogP contribution >= 0.6 is 11.6 Å². The lowest BCUT2D eigenvalue weighted by atomic mass is 9.90. The molecule has 31 heavy (non-hydrogen) atoms. The molecule has 0 saturated carbocycles. The molecule has 2 aliphatic rings. The van der Waals surface area contributed by atoms with Gasteiger partial charge in [0.2, 0.25) is 5.91 Å². The molecule has 2 aromatic rings. The average Bonchev–Trinajstić information content (AvgIpc) is 2.99. The van der Waals surface area contributed by atoms with Crippen LogP contribution in [-0.2, 0) is 21.5 Å². The van der Waals surface area contributed by atoms with Crippen molar-refractivity contribution in [3.63, 3.8) is 0 Å². The number of carbonyl (C=O) groups is 3. The van der Waals surface area contributed by atoms with Crippen LogP contribution in [0.4, 0.5) is 4.79 Å². The van der Waals surface area contributed by atoms with Crippen LogP contribution in [0.2, 0.25) is 5.02 Å². The van der Waals surface area contributed by atoms with E-state index in [1.165, 1.54) is 5.56 Å². The van der Waals surface area contributed by atoms with Crippen molar-refractivity contribution in [2.45, 2.75) is 31.7 Å². The van der Waals surface area contributed by atoms with Crippen LogP contribution in [0.3, 0.4) is 0 Å². The number of amides is 4. The van der Waals surface area contributed by atoms with Crippen LogP contribution in [0.1, 0.15) is 30.9 Å². The molecule has 0 aliphatic carbocycles. The topological polar surface area (TPSA) is 69.7 Å². The molecule has 7 heteroatoms. The predicted octanol–water partition coefficient (Wildman–Crippen LogP) is 3.59. The molecule has 1 unspecified atom stereocenters. The van der Waals surface area contributed by atoms with Gasteiger partial charge in [-0.1, -0.05) is 54.1 Å². The number of urea groups is 1. The second-order valence-corrected chi connectivity index (χ2v) is 8.90. The number of halogens is 1. The molecule has 4 rings (SSSR count). The summed E-state index contributed by atoms with van der Waals surface area (Å²) in [6, 6.07) is 16.6. The van der Waals surface area contributed by atoms with E-state index < -0.39 is 17.5 Å². The number of piperidine rings is 1. The molecule has 162 valence electrons. The van der Waals surface area contributed by atoms with E-state index in [1.54, 1.807) is 36.1 Å². The molecule has 0 aromatic heterocycles. The van der Waals surface area contributed by atoms with Gasteiger partial charge in [0.05, 0.1) is 0 Å². The fourth-order valence-electron chi connectivity index (χ4n) is 4.39. The van der Waals surface area contributed by atoms with Crippen molar-refractivity contribution in [2.75, 3.05) is 19.6 Å². The Morgan fingerprint density at radius 2 is 1.71 bits per heavy atom. The smallest absolute Gasteiger partial charge is 0.325 e. The summed E-state index contributed by atoms with van der Waals surface area (Å²) in [6.07, 6.45) is 2.85. The average molecular weight is 440 g/mol. The monoisotopic (exact) mass is 439 g/mol. The number of likely N-dealkylation sites (tertiary alicyclic amines) is 1. The van der Waals surface area contributed by atoms with E-state index in [2.05, 4.69) is 17.4 Å². The molecule has 2 fully saturated rings. The van der Waals surface area contributed by atoms with Crippen molar-refractivity contribution >= 4 is 29.4 Å². The molecule has 0 radical (unpaired) electrons. The van der Waals surface area contributed by atoms with Gasteiger partial charge in [-0.15, -0.1) is 0 Å². The van der Waals surface area contributed by atoms with E-state index in [1.807, 2.05) is 18.2 Å². The van der Waals surface area contributed by atoms with Crippen LogP contribution < -0.4 is 5.32 Å². The highest BCUT2D eigenvalue weighted by atomic mass is 35.5. The minimum Gasteiger partial charge on any atom is -0.341 e. The molecule has 4 amide bonds. The maximum atomic E-state index is 13.0. The van der Waals surface area contributed by atoms with Crippen molar-refractivity contribution in [3.05, 3.63) is 70.7 Å². The second kappa shape index (κ2) is 8.71. The number of carbonyl (C=O) groups excluding carboxylic acids is 3. The molecule has 1 N–H and O–H groups in total. The number of nitrogens with zero attached hydrogens (tertiary/aromatic N) is 2. The predicted molar refractivity (Wildman–Crippen MR) is 118 cm³/mol. The minimum absolute atomic E-state index is 0.193. The summed E-state index contributed by atoms with van der Waals surface area (Å²) >= 11 is 5.93. The molecule has 0 spiro atoms. The van der Waals surface area contributed by atoms with Crippen LogP contribution in [0, 0.1) is 5.92 Å². The zero-order valence-corrected chi connectivity index (χ0v) is 18.3. The van der Waals surface area contributed by atoms with Gasteiger partial charge in [-0.05, 0) is 55.4 Å². The highest BCUT2D eigenvalue weighted by molar-refractivity contribution is 6.30. The number of rotatable bonds is 5. The summed E-state index contributed by atoms with van der Waals surface area (Å²) in [6.45, 7) is 2.70. The Bertz CT molecular complexity index is 971. The first-order chi connectivity index (χ1) is 14.9. The lowest BCUT2D eigenvalue weighted by Crippen LogP contribution is -2.46. The summed E-state index contributed by atoms with van der Waals surface area (Å²) in [7, 11) is 0. The number of nitrogens with one attached hydrogen (secondary N) is 1. The third kappa shape index (κ3) is 4.44. The van der Waals surface area contributed by atoms with Crippen molar-refractivity contribution in [1.82, 2.24) is 15.1 Å². The van der Waals surface area contributed by atoms with Gasteiger partial charge >= 0.3 is 6.03 Å². The number of hydrogen-bond acceptors (Lipinski definition) is 3. The van der Waals surface area contributed by atoms with E-state index in [0.29, 0.717) is 29.6 Å². The van der Waals surface area contributed by atoms with Gasteiger partial charge < -0.3 is 10.2 Å². The SMILES string of the molecule is CC1(c2ccc(Cl)cc2)NC(=O)N(CC(=O)N2CCC(Cc3ccccc3)CC2)C1=O. The number of hydrogen-bond donors (Lipinski definition) is 1. The fourth-order valence-corrected chi connectivity index (χ4v) is 4.51. The molecule has 2 heterocycles. The lowest BCUT2D eigenvalue weighted by Gasteiger charge is -2.33. The Hall–Kier alpha value is -2.86. The van der Waals surface area contributed by atoms with Gasteiger partial charge in [-0.25, -0.2) is 4.79 Å². The van der Waals surface area contributed by atoms with E-state index in [4.69, 9.17) is 11.6 Å². The highest BCUT2D eigenvalue weighted by Gasteiger charge is 2.49. The normalized spacial score (nSPS) is 22.0. The maximum Gasteiger partial charge on any atom is 0.325 e. The molecular weight excluding hydrogens is 414 g/mol. The maximum absolute atomic E-state index is 13.0. The Labute approximate surface area is 187 Å². The Kier molecular flexibility index (Phi) is 6.01. The highest BCUT2D eigenvalue weighted by Crippen LogP contribution is 2.30. The van der Waals surface area contributed by atoms with Gasteiger partial charge in [-0.3, -0.25) is 14.5 Å². The van der Waals surface area contributed by atoms with Crippen LogP contribution in [0.15, 0.2) is 54.6 Å². The quantitative estimate of drug-likeness (QED) is 0.724. The van der Waals surface area contributed by atoms with E-state index in [9.17, 15) is 14.4 Å². The van der Waals surface area contributed by atoms with Crippen molar-refractivity contribution in [1.29, 1.82) is 0 Å². The molecular formula is C24H26ClN3O3. The van der Waals surface area contributed by atoms with Crippen molar-refractivity contribution < 1.29 is 14.4 Å². The van der Waals surface area contributed by atoms with Crippen LogP contribution in [-0.4, -0.2) is 47.3 Å². The zero-order chi connectivity index (χ0) is 22.0. The first kappa shape index (κ1) is 21.4. The summed E-state index contributed by atoms with van der Waals surface area (Å²) in [4.78, 5) is 41.2. The van der Waals surface area contributed by atoms with Crippen LogP contribution in [0.25, 0.3) is 0 Å². The third-order valence-electron chi connectivity index (χ3n) is 6.32. The molecule has 2 saturated heterocycles. The molecule has 6 nitrogen and oxygen atoms in total. The lowest BCUT2D eigenvalue weighted by molar-refractivity contribution is -0.139. The first-order valence-corrected chi connectivity index (χ1v) is 11.0. The summed E-state index contributed by atoms with van der Waals surface area (Å²) in [5.41, 5.74) is 0.741. The van der Waals surface area contributed by atoms with Crippen molar-refractivity contribution in [2.24, 2.45) is 5.92 Å². The summed E-state index contributed by atoms with van der Waals surface area (Å²) < 4.78 is 0. The first-order valence-electron chi connectivity index (χ1n) is 10.6. The van der Waals surface area contributed by atoms with E-state index in [-0.39, 0.29) is 12.5 Å². The van der Waals surface area contributed by atoms with E-state index >= 15 is 0 Å². The number of imide groups is 1. The largest absolute Gasteiger partial charge is 0.341 e. The minimum atomic E-state index is -1.20. The molecule has 0 bridgehead atoms. The summed E-state index contributed by atoms with van der Waals surface area (Å²) in [5, 5.41) is 3.28. The van der Waals surface area contributed by atoms with Gasteiger partial charge in [0.25, 0.3) is 5.91 Å². The third-order valence-corrected chi connectivity index (χ3v) is 6.58. The van der Waals surface area contributed by atoms with Gasteiger partial charge in [0, 0.05) is 18.1 Å². The second-order valence-electron chi connectivity index (χ2n) is 8.47. The molecule has 2 aliphatic heterocycles. The zero-order valence-electron chi connectivity index (χ0n) is 17.5. The van der Waals surface area contributed by atoms with Crippen LogP contribution in [0.5, 0.6) is 0 Å². The molecule has 1 atom stereocenters. The Morgan fingerprint density at radius 1 is 1.06 bits per heavy atom. The van der Waals surface area contributed by atoms with Gasteiger partial charge in [-0.2, -0.15) is 0 Å². The Morgan fingerprint density at radius 3 is 2.35 bits per heavy atom. The van der Waals surface area contributed by atoms with Gasteiger partial charge in [0.15, 0.2) is 0 Å². The standard InChI is InChI=1S/C24H26ClN3O3/c1-24(19-7-9-20(25)10-8-19)22(30)28(23(31)26-24)16-21(29)27-13-11-18(12-14-27)15-17-5-3-2-4-6-17/h2-10,18H,11-16H2,1H3,(H,26,31). The van der Waals surface area contributed by atoms with Crippen molar-refractivity contribution in [3.8, 4) is 0 Å². The number of benzene rings is 2. The fraction of sp³-hybridized carbons (Fsp3) is 0.375. The van der Waals surface area contributed by atoms with E-state index in [0.717, 1.165) is 24.2 Å². The van der Waals surface area contributed by atoms with Gasteiger partial charge in [0.1, 0.15) is 12.1 Å². The summed E-state index contributed by atoms with van der Waals surface area (Å²) in [5.74, 6) is -0.0782. The Balaban J connectivity index is 1.35.